The molecule has 0 bridgehead atoms. The predicted octanol–water partition coefficient (Wildman–Crippen LogP) is 3.01. The van der Waals surface area contributed by atoms with Crippen molar-refractivity contribution in [2.45, 2.75) is 25.5 Å². The van der Waals surface area contributed by atoms with E-state index in [0.29, 0.717) is 25.1 Å². The molecule has 6 heteroatoms. The Morgan fingerprint density at radius 1 is 1.13 bits per heavy atom. The van der Waals surface area contributed by atoms with Crippen LogP contribution < -0.4 is 0 Å². The van der Waals surface area contributed by atoms with Crippen LogP contribution in [0.4, 0.5) is 4.39 Å². The molecule has 1 aromatic carbocycles. The summed E-state index contributed by atoms with van der Waals surface area (Å²) >= 11 is 0. The third kappa shape index (κ3) is 5.41. The van der Waals surface area contributed by atoms with Crippen LogP contribution in [0.3, 0.4) is 0 Å². The van der Waals surface area contributed by atoms with Crippen molar-refractivity contribution < 1.29 is 12.8 Å². The number of hydrogen-bond acceptors (Lipinski definition) is 3. The minimum Gasteiger partial charge on any atom is -0.261 e. The van der Waals surface area contributed by atoms with Crippen LogP contribution >= 0.6 is 0 Å². The van der Waals surface area contributed by atoms with Crippen molar-refractivity contribution in [2.24, 2.45) is 0 Å². The molecule has 1 aromatic heterocycles. The van der Waals surface area contributed by atoms with Gasteiger partial charge in [-0.25, -0.2) is 17.1 Å². The zero-order chi connectivity index (χ0) is 16.7. The van der Waals surface area contributed by atoms with Gasteiger partial charge in [-0.2, -0.15) is 0 Å². The third-order valence-electron chi connectivity index (χ3n) is 3.45. The van der Waals surface area contributed by atoms with Gasteiger partial charge in [0.05, 0.1) is 5.75 Å². The van der Waals surface area contributed by atoms with Crippen LogP contribution in [0, 0.1) is 5.82 Å². The maximum absolute atomic E-state index is 13.2. The van der Waals surface area contributed by atoms with Gasteiger partial charge in [-0.1, -0.05) is 25.1 Å². The minimum atomic E-state index is -3.49. The van der Waals surface area contributed by atoms with Crippen LogP contribution in [0.15, 0.2) is 48.7 Å². The number of halogens is 1. The van der Waals surface area contributed by atoms with Crippen molar-refractivity contribution in [3.05, 3.63) is 65.7 Å². The van der Waals surface area contributed by atoms with E-state index in [4.69, 9.17) is 0 Å². The Morgan fingerprint density at radius 2 is 1.96 bits per heavy atom. The topological polar surface area (TPSA) is 50.3 Å². The Morgan fingerprint density at radius 3 is 2.61 bits per heavy atom. The average molecular weight is 336 g/mol. The molecule has 0 aliphatic rings. The molecule has 0 saturated carbocycles. The molecule has 0 aliphatic heterocycles. The molecule has 0 spiro atoms. The van der Waals surface area contributed by atoms with Gasteiger partial charge >= 0.3 is 0 Å². The molecule has 124 valence electrons. The molecule has 0 N–H and O–H groups in total. The highest BCUT2D eigenvalue weighted by Gasteiger charge is 2.22. The highest BCUT2D eigenvalue weighted by molar-refractivity contribution is 7.88. The van der Waals surface area contributed by atoms with Crippen molar-refractivity contribution >= 4 is 10.0 Å². The molecular formula is C17H21FN2O2S. The van der Waals surface area contributed by atoms with E-state index in [0.717, 1.165) is 12.1 Å². The summed E-state index contributed by atoms with van der Waals surface area (Å²) in [4.78, 5) is 4.22. The molecule has 0 unspecified atom stereocenters. The van der Waals surface area contributed by atoms with Gasteiger partial charge in [0.15, 0.2) is 0 Å². The van der Waals surface area contributed by atoms with Gasteiger partial charge < -0.3 is 0 Å². The second kappa shape index (κ2) is 8.17. The molecule has 4 nitrogen and oxygen atoms in total. The van der Waals surface area contributed by atoms with Crippen LogP contribution in [0.25, 0.3) is 0 Å². The van der Waals surface area contributed by atoms with Crippen LogP contribution in [-0.2, 0) is 22.2 Å². The molecule has 0 amide bonds. The lowest BCUT2D eigenvalue weighted by Crippen LogP contribution is -2.34. The summed E-state index contributed by atoms with van der Waals surface area (Å²) in [5.41, 5.74) is 1.32. The molecule has 1 heterocycles. The van der Waals surface area contributed by atoms with Crippen LogP contribution in [0.2, 0.25) is 0 Å². The van der Waals surface area contributed by atoms with Gasteiger partial charge in [-0.3, -0.25) is 4.98 Å². The maximum Gasteiger partial charge on any atom is 0.218 e. The fourth-order valence-corrected chi connectivity index (χ4v) is 3.97. The van der Waals surface area contributed by atoms with E-state index in [1.165, 1.54) is 22.5 Å². The van der Waals surface area contributed by atoms with Crippen molar-refractivity contribution in [1.29, 1.82) is 0 Å². The van der Waals surface area contributed by atoms with Crippen molar-refractivity contribution in [3.63, 3.8) is 0 Å². The Kier molecular flexibility index (Phi) is 6.24. The number of aromatic nitrogens is 1. The number of benzene rings is 1. The SMILES string of the molecule is CCCN(CCc1ccccn1)S(=O)(=O)Cc1cccc(F)c1. The number of rotatable bonds is 8. The number of pyridine rings is 1. The number of sulfonamides is 1. The van der Waals surface area contributed by atoms with E-state index < -0.39 is 15.8 Å². The maximum atomic E-state index is 13.2. The molecule has 0 radical (unpaired) electrons. The zero-order valence-corrected chi connectivity index (χ0v) is 14.0. The lowest BCUT2D eigenvalue weighted by molar-refractivity contribution is 0.411. The highest BCUT2D eigenvalue weighted by atomic mass is 32.2. The van der Waals surface area contributed by atoms with Crippen molar-refractivity contribution in [1.82, 2.24) is 9.29 Å². The van der Waals surface area contributed by atoms with Gasteiger partial charge in [0, 0.05) is 31.4 Å². The molecule has 0 atom stereocenters. The van der Waals surface area contributed by atoms with E-state index in [9.17, 15) is 12.8 Å². The quantitative estimate of drug-likeness (QED) is 0.744. The first-order chi connectivity index (χ1) is 11.0. The Bertz CT molecular complexity index is 720. The van der Waals surface area contributed by atoms with Gasteiger partial charge in [-0.05, 0) is 36.2 Å². The van der Waals surface area contributed by atoms with Crippen LogP contribution in [-0.4, -0.2) is 30.8 Å². The van der Waals surface area contributed by atoms with E-state index >= 15 is 0 Å². The normalized spacial score (nSPS) is 11.8. The van der Waals surface area contributed by atoms with Crippen molar-refractivity contribution in [2.75, 3.05) is 13.1 Å². The molecule has 0 aliphatic carbocycles. The molecule has 0 saturated heterocycles. The summed E-state index contributed by atoms with van der Waals surface area (Å²) in [6, 6.07) is 11.3. The average Bonchev–Trinajstić information content (AvgIpc) is 2.52. The Labute approximate surface area is 137 Å². The highest BCUT2D eigenvalue weighted by Crippen LogP contribution is 2.13. The summed E-state index contributed by atoms with van der Waals surface area (Å²) in [7, 11) is -3.49. The largest absolute Gasteiger partial charge is 0.261 e. The Hall–Kier alpha value is -1.79. The molecular weight excluding hydrogens is 315 g/mol. The lowest BCUT2D eigenvalue weighted by Gasteiger charge is -2.21. The third-order valence-corrected chi connectivity index (χ3v) is 5.30. The van der Waals surface area contributed by atoms with E-state index in [-0.39, 0.29) is 5.75 Å². The van der Waals surface area contributed by atoms with E-state index in [1.54, 1.807) is 12.3 Å². The minimum absolute atomic E-state index is 0.188. The van der Waals surface area contributed by atoms with Gasteiger partial charge in [0.1, 0.15) is 5.82 Å². The zero-order valence-electron chi connectivity index (χ0n) is 13.2. The van der Waals surface area contributed by atoms with Crippen LogP contribution in [0.1, 0.15) is 24.6 Å². The van der Waals surface area contributed by atoms with E-state index in [2.05, 4.69) is 4.98 Å². The summed E-state index contributed by atoms with van der Waals surface area (Å²) < 4.78 is 39.9. The second-order valence-corrected chi connectivity index (χ2v) is 7.33. The van der Waals surface area contributed by atoms with Crippen molar-refractivity contribution in [3.8, 4) is 0 Å². The molecule has 2 aromatic rings. The van der Waals surface area contributed by atoms with E-state index in [1.807, 2.05) is 25.1 Å². The predicted molar refractivity (Wildman–Crippen MR) is 88.8 cm³/mol. The molecule has 23 heavy (non-hydrogen) atoms. The summed E-state index contributed by atoms with van der Waals surface area (Å²) in [5, 5.41) is 0. The fourth-order valence-electron chi connectivity index (χ4n) is 2.35. The lowest BCUT2D eigenvalue weighted by atomic mass is 10.2. The smallest absolute Gasteiger partial charge is 0.218 e. The standard InChI is InChI=1S/C17H21FN2O2S/c1-2-11-20(12-9-17-8-3-4-10-19-17)23(21,22)14-15-6-5-7-16(18)13-15/h3-8,10,13H,2,9,11-12,14H2,1H3. The summed E-state index contributed by atoms with van der Waals surface area (Å²) in [5.74, 6) is -0.610. The summed E-state index contributed by atoms with van der Waals surface area (Å²) in [6.07, 6.45) is 2.98. The summed E-state index contributed by atoms with van der Waals surface area (Å²) in [6.45, 7) is 2.76. The van der Waals surface area contributed by atoms with Gasteiger partial charge in [-0.15, -0.1) is 0 Å². The van der Waals surface area contributed by atoms with Gasteiger partial charge in [0.2, 0.25) is 10.0 Å². The first-order valence-electron chi connectivity index (χ1n) is 7.63. The first kappa shape index (κ1) is 17.6. The number of hydrogen-bond donors (Lipinski definition) is 0. The fraction of sp³-hybridized carbons (Fsp3) is 0.353. The molecule has 2 rings (SSSR count). The van der Waals surface area contributed by atoms with Crippen LogP contribution in [0.5, 0.6) is 0 Å². The number of nitrogens with zero attached hydrogens (tertiary/aromatic N) is 2. The molecule has 0 fully saturated rings. The Balaban J connectivity index is 2.08. The monoisotopic (exact) mass is 336 g/mol. The second-order valence-electron chi connectivity index (χ2n) is 5.36. The first-order valence-corrected chi connectivity index (χ1v) is 9.24. The van der Waals surface area contributed by atoms with Gasteiger partial charge in [0.25, 0.3) is 0 Å².